The number of aromatic amines is 1. The van der Waals surface area contributed by atoms with E-state index < -0.39 is 0 Å². The maximum absolute atomic E-state index is 12.1. The molecule has 0 bridgehead atoms. The van der Waals surface area contributed by atoms with E-state index in [0.717, 1.165) is 24.2 Å². The summed E-state index contributed by atoms with van der Waals surface area (Å²) in [5.41, 5.74) is 1.99. The van der Waals surface area contributed by atoms with Gasteiger partial charge in [0.2, 0.25) is 0 Å². The second kappa shape index (κ2) is 7.37. The second-order valence-corrected chi connectivity index (χ2v) is 7.02. The molecule has 6 heteroatoms. The topological polar surface area (TPSA) is 72.0 Å². The van der Waals surface area contributed by atoms with Crippen molar-refractivity contribution >= 4 is 17.9 Å². The monoisotopic (exact) mass is 380 g/mol. The van der Waals surface area contributed by atoms with Crippen LogP contribution in [0.25, 0.3) is 22.6 Å². The molecule has 1 aliphatic carbocycles. The van der Waals surface area contributed by atoms with Crippen molar-refractivity contribution in [2.24, 2.45) is 5.92 Å². The Hall–Kier alpha value is -2.92. The van der Waals surface area contributed by atoms with Crippen molar-refractivity contribution in [1.29, 1.82) is 0 Å². The fraction of sp³-hybridized carbons (Fsp3) is 0.190. The van der Waals surface area contributed by atoms with Gasteiger partial charge in [-0.15, -0.1) is 0 Å². The van der Waals surface area contributed by atoms with Gasteiger partial charge in [-0.3, -0.25) is 9.59 Å². The van der Waals surface area contributed by atoms with Gasteiger partial charge >= 0.3 is 0 Å². The molecule has 1 heterocycles. The molecule has 1 saturated carbocycles. The smallest absolute Gasteiger partial charge is 0.251 e. The molecular weight excluding hydrogens is 364 g/mol. The molecule has 27 heavy (non-hydrogen) atoms. The Morgan fingerprint density at radius 1 is 1.15 bits per heavy atom. The lowest BCUT2D eigenvalue weighted by Gasteiger charge is -2.08. The number of H-pyrrole nitrogens is 1. The lowest BCUT2D eigenvalue weighted by atomic mass is 10.1. The van der Waals surface area contributed by atoms with Gasteiger partial charge in [-0.2, -0.15) is 0 Å². The molecule has 1 fully saturated rings. The maximum Gasteiger partial charge on any atom is 0.251 e. The number of nitrogens with zero attached hydrogens (tertiary/aromatic N) is 1. The molecule has 5 nitrogen and oxygen atoms in total. The Kier molecular flexibility index (Phi) is 4.77. The van der Waals surface area contributed by atoms with E-state index in [1.165, 1.54) is 18.9 Å². The lowest BCUT2D eigenvalue weighted by molar-refractivity contribution is 0.112. The number of aldehydes is 1. The first kappa shape index (κ1) is 17.5. The molecule has 3 aromatic rings. The summed E-state index contributed by atoms with van der Waals surface area (Å²) in [6.07, 6.45) is 3.21. The largest absolute Gasteiger partial charge is 0.493 e. The van der Waals surface area contributed by atoms with Crippen molar-refractivity contribution in [1.82, 2.24) is 9.97 Å². The maximum atomic E-state index is 12.1. The van der Waals surface area contributed by atoms with Crippen LogP contribution >= 0.6 is 11.6 Å². The summed E-state index contributed by atoms with van der Waals surface area (Å²) >= 11 is 6.23. The average molecular weight is 381 g/mol. The van der Waals surface area contributed by atoms with E-state index in [2.05, 4.69) is 9.97 Å². The Balaban J connectivity index is 1.66. The van der Waals surface area contributed by atoms with Gasteiger partial charge in [-0.1, -0.05) is 17.7 Å². The van der Waals surface area contributed by atoms with Crippen LogP contribution in [0.15, 0.2) is 53.3 Å². The number of carbonyl (C=O) groups is 1. The number of hydrogen-bond acceptors (Lipinski definition) is 4. The van der Waals surface area contributed by atoms with Crippen LogP contribution in [0.5, 0.6) is 5.75 Å². The summed E-state index contributed by atoms with van der Waals surface area (Å²) in [7, 11) is 0. The van der Waals surface area contributed by atoms with Crippen molar-refractivity contribution in [3.8, 4) is 28.4 Å². The molecule has 0 spiro atoms. The minimum Gasteiger partial charge on any atom is -0.493 e. The number of carbonyl (C=O) groups excluding carboxylic acids is 1. The van der Waals surface area contributed by atoms with Gasteiger partial charge in [-0.05, 0) is 55.2 Å². The molecule has 2 aromatic carbocycles. The fourth-order valence-corrected chi connectivity index (χ4v) is 2.96. The minimum atomic E-state index is -0.295. The molecule has 0 atom stereocenters. The Morgan fingerprint density at radius 3 is 2.63 bits per heavy atom. The van der Waals surface area contributed by atoms with Gasteiger partial charge in [0, 0.05) is 22.8 Å². The summed E-state index contributed by atoms with van der Waals surface area (Å²) in [6, 6.07) is 13.8. The van der Waals surface area contributed by atoms with Crippen LogP contribution in [0, 0.1) is 5.92 Å². The minimum absolute atomic E-state index is 0.295. The van der Waals surface area contributed by atoms with Crippen LogP contribution in [-0.4, -0.2) is 22.9 Å². The van der Waals surface area contributed by atoms with Gasteiger partial charge in [0.1, 0.15) is 17.9 Å². The molecule has 0 saturated heterocycles. The van der Waals surface area contributed by atoms with Crippen LogP contribution in [0.2, 0.25) is 5.02 Å². The molecule has 0 amide bonds. The third kappa shape index (κ3) is 4.09. The summed E-state index contributed by atoms with van der Waals surface area (Å²) in [6.45, 7) is 0.748. The van der Waals surface area contributed by atoms with E-state index >= 15 is 0 Å². The van der Waals surface area contributed by atoms with Gasteiger partial charge < -0.3 is 9.72 Å². The molecule has 4 rings (SSSR count). The molecule has 0 radical (unpaired) electrons. The highest BCUT2D eigenvalue weighted by atomic mass is 35.5. The van der Waals surface area contributed by atoms with E-state index in [4.69, 9.17) is 16.3 Å². The molecule has 1 aromatic heterocycles. The van der Waals surface area contributed by atoms with Gasteiger partial charge in [-0.25, -0.2) is 4.98 Å². The van der Waals surface area contributed by atoms with E-state index in [-0.39, 0.29) is 5.56 Å². The molecule has 136 valence electrons. The standard InChI is InChI=1S/C21H17ClN2O3/c22-18-8-3-14(11-25)9-17(18)21-23-19(10-20(26)24-21)15-4-6-16(7-5-15)27-12-13-1-2-13/h3-11,13H,1-2,12H2,(H,23,24,26). The quantitative estimate of drug-likeness (QED) is 0.645. The van der Waals surface area contributed by atoms with Crippen molar-refractivity contribution < 1.29 is 9.53 Å². The number of halogens is 1. The van der Waals surface area contributed by atoms with Crippen LogP contribution in [0.3, 0.4) is 0 Å². The van der Waals surface area contributed by atoms with E-state index in [0.29, 0.717) is 33.6 Å². The summed E-state index contributed by atoms with van der Waals surface area (Å²) < 4.78 is 5.74. The van der Waals surface area contributed by atoms with E-state index in [1.54, 1.807) is 18.2 Å². The van der Waals surface area contributed by atoms with Gasteiger partial charge in [0.05, 0.1) is 17.3 Å². The highest BCUT2D eigenvalue weighted by molar-refractivity contribution is 6.33. The highest BCUT2D eigenvalue weighted by Crippen LogP contribution is 2.30. The van der Waals surface area contributed by atoms with Crippen LogP contribution in [0.4, 0.5) is 0 Å². The molecule has 1 aliphatic rings. The van der Waals surface area contributed by atoms with Crippen molar-refractivity contribution in [2.75, 3.05) is 6.61 Å². The Labute approximate surface area is 161 Å². The summed E-state index contributed by atoms with van der Waals surface area (Å²) in [5, 5.41) is 0.407. The van der Waals surface area contributed by atoms with Gasteiger partial charge in [0.15, 0.2) is 0 Å². The average Bonchev–Trinajstić information content (AvgIpc) is 3.51. The number of ether oxygens (including phenoxy) is 1. The summed E-state index contributed by atoms with van der Waals surface area (Å²) in [5.74, 6) is 1.81. The van der Waals surface area contributed by atoms with Crippen LogP contribution in [-0.2, 0) is 0 Å². The predicted octanol–water partition coefficient (Wildman–Crippen LogP) is 4.36. The van der Waals surface area contributed by atoms with Crippen molar-refractivity contribution in [3.05, 3.63) is 69.5 Å². The highest BCUT2D eigenvalue weighted by Gasteiger charge is 2.21. The van der Waals surface area contributed by atoms with Crippen molar-refractivity contribution in [2.45, 2.75) is 12.8 Å². The normalized spacial score (nSPS) is 13.4. The van der Waals surface area contributed by atoms with Crippen LogP contribution in [0.1, 0.15) is 23.2 Å². The number of rotatable bonds is 6. The molecule has 0 aliphatic heterocycles. The van der Waals surface area contributed by atoms with Crippen LogP contribution < -0.4 is 10.3 Å². The number of benzene rings is 2. The number of aromatic nitrogens is 2. The number of hydrogen-bond donors (Lipinski definition) is 1. The SMILES string of the molecule is O=Cc1ccc(Cl)c(-c2nc(-c3ccc(OCC4CC4)cc3)cc(=O)[nH]2)c1. The first-order valence-electron chi connectivity index (χ1n) is 8.72. The zero-order valence-electron chi connectivity index (χ0n) is 14.4. The Bertz CT molecular complexity index is 1040. The summed E-state index contributed by atoms with van der Waals surface area (Å²) in [4.78, 5) is 30.4. The lowest BCUT2D eigenvalue weighted by Crippen LogP contribution is -2.09. The predicted molar refractivity (Wildman–Crippen MR) is 104 cm³/mol. The van der Waals surface area contributed by atoms with Gasteiger partial charge in [0.25, 0.3) is 5.56 Å². The third-order valence-electron chi connectivity index (χ3n) is 4.46. The molecule has 1 N–H and O–H groups in total. The fourth-order valence-electron chi connectivity index (χ4n) is 2.75. The zero-order valence-corrected chi connectivity index (χ0v) is 15.2. The molecule has 0 unspecified atom stereocenters. The second-order valence-electron chi connectivity index (χ2n) is 6.62. The Morgan fingerprint density at radius 2 is 1.93 bits per heavy atom. The van der Waals surface area contributed by atoms with E-state index in [9.17, 15) is 9.59 Å². The first-order chi connectivity index (χ1) is 13.1. The molecular formula is C21H17ClN2O3. The third-order valence-corrected chi connectivity index (χ3v) is 4.79. The van der Waals surface area contributed by atoms with E-state index in [1.807, 2.05) is 24.3 Å². The van der Waals surface area contributed by atoms with Crippen molar-refractivity contribution in [3.63, 3.8) is 0 Å². The number of nitrogens with one attached hydrogen (secondary N) is 1. The zero-order chi connectivity index (χ0) is 18.8. The first-order valence-corrected chi connectivity index (χ1v) is 9.10.